The first-order valence-electron chi connectivity index (χ1n) is 8.07. The van der Waals surface area contributed by atoms with Gasteiger partial charge in [-0.1, -0.05) is 40.0 Å². The first-order chi connectivity index (χ1) is 9.85. The van der Waals surface area contributed by atoms with E-state index in [1.165, 1.54) is 4.41 Å². The predicted molar refractivity (Wildman–Crippen MR) is 102 cm³/mol. The molecule has 5 heteroatoms. The van der Waals surface area contributed by atoms with Crippen LogP contribution < -0.4 is 0 Å². The van der Waals surface area contributed by atoms with Gasteiger partial charge in [-0.15, -0.1) is 0 Å². The van der Waals surface area contributed by atoms with Gasteiger partial charge in [0.2, 0.25) is 0 Å². The average molecular weight is 447 g/mol. The van der Waals surface area contributed by atoms with E-state index in [4.69, 9.17) is 17.2 Å². The molecule has 128 valence electrons. The molecule has 0 atom stereocenters. The van der Waals surface area contributed by atoms with E-state index >= 15 is 0 Å². The van der Waals surface area contributed by atoms with Gasteiger partial charge in [0.1, 0.15) is 0 Å². The molecule has 0 amide bonds. The van der Waals surface area contributed by atoms with E-state index in [2.05, 4.69) is 35.5 Å². The van der Waals surface area contributed by atoms with E-state index in [-0.39, 0.29) is 26.2 Å². The summed E-state index contributed by atoms with van der Waals surface area (Å²) in [5.74, 6) is 7.20. The second-order valence-corrected chi connectivity index (χ2v) is 16.3. The predicted octanol–water partition coefficient (Wildman–Crippen LogP) is 6.90. The van der Waals surface area contributed by atoms with Gasteiger partial charge in [0.15, 0.2) is 0 Å². The van der Waals surface area contributed by atoms with Crippen molar-refractivity contribution in [1.29, 1.82) is 0 Å². The third kappa shape index (κ3) is 28.9. The maximum absolute atomic E-state index is 6.45. The maximum atomic E-state index is 6.45. The SMILES string of the molecule is CCC[NH-].CCC[NH-].CCC[NH-].[CH3][Ge]([CH3])([CH3])[C]1=[C-]CC=C1.[Zr+4]. The van der Waals surface area contributed by atoms with Crippen LogP contribution in [0.5, 0.6) is 0 Å². The van der Waals surface area contributed by atoms with Crippen molar-refractivity contribution < 1.29 is 26.2 Å². The van der Waals surface area contributed by atoms with Gasteiger partial charge in [-0.25, -0.2) is 0 Å². The van der Waals surface area contributed by atoms with Crippen molar-refractivity contribution in [2.75, 3.05) is 19.6 Å². The molecule has 22 heavy (non-hydrogen) atoms. The summed E-state index contributed by atoms with van der Waals surface area (Å²) >= 11 is -1.46. The first kappa shape index (κ1) is 30.6. The minimum absolute atomic E-state index is 0. The van der Waals surface area contributed by atoms with Gasteiger partial charge >= 0.3 is 85.8 Å². The molecule has 0 bridgehead atoms. The Kier molecular flexibility index (Phi) is 33.5. The molecule has 0 heterocycles. The molecule has 1 aliphatic rings. The van der Waals surface area contributed by atoms with Gasteiger partial charge in [0.25, 0.3) is 0 Å². The summed E-state index contributed by atoms with van der Waals surface area (Å²) in [5, 5.41) is 0. The van der Waals surface area contributed by atoms with Crippen LogP contribution in [0.25, 0.3) is 17.2 Å². The summed E-state index contributed by atoms with van der Waals surface area (Å²) in [6, 6.07) is 0. The molecule has 1 aliphatic carbocycles. The van der Waals surface area contributed by atoms with E-state index in [1.807, 2.05) is 20.8 Å². The summed E-state index contributed by atoms with van der Waals surface area (Å²) < 4.78 is 1.54. The zero-order valence-corrected chi connectivity index (χ0v) is 20.2. The van der Waals surface area contributed by atoms with Crippen molar-refractivity contribution in [3.05, 3.63) is 39.8 Å². The van der Waals surface area contributed by atoms with Crippen LogP contribution in [0.1, 0.15) is 46.5 Å². The fourth-order valence-electron chi connectivity index (χ4n) is 0.920. The Labute approximate surface area is 162 Å². The summed E-state index contributed by atoms with van der Waals surface area (Å²) in [6.45, 7) is 7.69. The zero-order valence-electron chi connectivity index (χ0n) is 15.6. The van der Waals surface area contributed by atoms with Crippen LogP contribution in [0.15, 0.2) is 16.6 Å². The number of rotatable bonds is 4. The fraction of sp³-hybridized carbons (Fsp3) is 0.765. The Bertz CT molecular complexity index is 233. The Hall–Kier alpha value is 0.786. The van der Waals surface area contributed by atoms with Gasteiger partial charge in [0.05, 0.1) is 0 Å². The molecule has 0 aromatic heterocycles. The van der Waals surface area contributed by atoms with Crippen LogP contribution in [0.2, 0.25) is 17.3 Å². The van der Waals surface area contributed by atoms with E-state index < -0.39 is 13.3 Å². The molecule has 0 unspecified atom stereocenters. The molecule has 3 N–H and O–H groups in total. The van der Waals surface area contributed by atoms with Crippen LogP contribution >= 0.6 is 0 Å². The molecule has 0 aliphatic heterocycles. The second-order valence-electron chi connectivity index (χ2n) is 5.70. The Balaban J connectivity index is -0.000000107. The Morgan fingerprint density at radius 3 is 1.32 bits per heavy atom. The number of hydrogen-bond donors (Lipinski definition) is 0. The van der Waals surface area contributed by atoms with Crippen LogP contribution in [-0.2, 0) is 26.2 Å². The van der Waals surface area contributed by atoms with Crippen molar-refractivity contribution >= 4 is 13.3 Å². The average Bonchev–Trinajstić information content (AvgIpc) is 3.02. The third-order valence-corrected chi connectivity index (χ3v) is 6.36. The summed E-state index contributed by atoms with van der Waals surface area (Å²) in [7, 11) is 0. The fourth-order valence-corrected chi connectivity index (χ4v) is 3.54. The minimum atomic E-state index is -1.46. The number of nitrogens with one attached hydrogen (secondary N) is 3. The molecule has 0 aromatic carbocycles. The van der Waals surface area contributed by atoms with Gasteiger partial charge < -0.3 is 17.2 Å². The molecule has 0 aromatic rings. The minimum Gasteiger partial charge on any atom is 4.00 e. The van der Waals surface area contributed by atoms with Crippen molar-refractivity contribution in [3.8, 4) is 0 Å². The van der Waals surface area contributed by atoms with Crippen molar-refractivity contribution in [2.45, 2.75) is 63.7 Å². The zero-order chi connectivity index (χ0) is 17.1. The van der Waals surface area contributed by atoms with E-state index in [0.717, 1.165) is 25.7 Å². The monoisotopic (exact) mass is 447 g/mol. The molecule has 0 radical (unpaired) electrons. The van der Waals surface area contributed by atoms with Gasteiger partial charge in [0, 0.05) is 0 Å². The van der Waals surface area contributed by atoms with Crippen LogP contribution in [0, 0.1) is 6.08 Å². The maximum Gasteiger partial charge on any atom is 4.00 e. The smallest absolute Gasteiger partial charge is 4.00 e. The topological polar surface area (TPSA) is 71.4 Å². The largest absolute Gasteiger partial charge is 4.00 e. The number of allylic oxidation sites excluding steroid dienone is 4. The van der Waals surface area contributed by atoms with Crippen molar-refractivity contribution in [2.24, 2.45) is 0 Å². The van der Waals surface area contributed by atoms with E-state index in [1.54, 1.807) is 0 Å². The molecular weight excluding hydrogens is 410 g/mol. The summed E-state index contributed by atoms with van der Waals surface area (Å²) in [6.07, 6.45) is 11.8. The molecule has 3 nitrogen and oxygen atoms in total. The molecule has 0 spiro atoms. The Morgan fingerprint density at radius 1 is 0.909 bits per heavy atom. The standard InChI is InChI=1S/C8H13Ge.3C3H8N.Zr/c1-9(2,3)8-6-4-5-7-8;3*1-2-3-4;/h4,6H,5H2,1-3H3;3*4H,2-3H2,1H3;/q4*-1;+4. The number of hydrogen-bond acceptors (Lipinski definition) is 0. The van der Waals surface area contributed by atoms with Gasteiger partial charge in [-0.05, 0) is 0 Å². The Morgan fingerprint density at radius 2 is 1.23 bits per heavy atom. The van der Waals surface area contributed by atoms with E-state index in [0.29, 0.717) is 19.6 Å². The quantitative estimate of drug-likeness (QED) is 0.332. The van der Waals surface area contributed by atoms with Gasteiger partial charge in [-0.2, -0.15) is 19.6 Å². The molecule has 0 saturated carbocycles. The van der Waals surface area contributed by atoms with Crippen LogP contribution in [0.4, 0.5) is 0 Å². The first-order valence-corrected chi connectivity index (χ1v) is 15.4. The third-order valence-electron chi connectivity index (χ3n) is 2.25. The summed E-state index contributed by atoms with van der Waals surface area (Å²) in [5.41, 5.74) is 19.4. The molecule has 1 rings (SSSR count). The second kappa shape index (κ2) is 24.0. The molecule has 0 saturated heterocycles. The van der Waals surface area contributed by atoms with E-state index in [9.17, 15) is 0 Å². The summed E-state index contributed by atoms with van der Waals surface area (Å²) in [4.78, 5) is 0. The normalized spacial score (nSPS) is 11.6. The molecular formula is C17H37GeN3Zr. The van der Waals surface area contributed by atoms with Gasteiger partial charge in [-0.3, -0.25) is 0 Å². The van der Waals surface area contributed by atoms with Crippen LogP contribution in [0.3, 0.4) is 0 Å². The van der Waals surface area contributed by atoms with Crippen molar-refractivity contribution in [3.63, 3.8) is 0 Å². The molecule has 0 fully saturated rings. The van der Waals surface area contributed by atoms with Crippen LogP contribution in [-0.4, -0.2) is 32.9 Å². The van der Waals surface area contributed by atoms with Crippen molar-refractivity contribution in [1.82, 2.24) is 0 Å².